The van der Waals surface area contributed by atoms with E-state index in [0.717, 1.165) is 22.1 Å². The van der Waals surface area contributed by atoms with E-state index in [9.17, 15) is 5.11 Å². The zero-order valence-electron chi connectivity index (χ0n) is 15.3. The van der Waals surface area contributed by atoms with Crippen LogP contribution < -0.4 is 5.73 Å². The van der Waals surface area contributed by atoms with Gasteiger partial charge < -0.3 is 10.8 Å². The van der Waals surface area contributed by atoms with Gasteiger partial charge in [0.15, 0.2) is 11.4 Å². The van der Waals surface area contributed by atoms with Crippen molar-refractivity contribution in [2.24, 2.45) is 0 Å². The number of rotatable bonds is 2. The van der Waals surface area contributed by atoms with Gasteiger partial charge in [-0.15, -0.1) is 11.3 Å². The molecule has 0 spiro atoms. The Kier molecular flexibility index (Phi) is 4.51. The number of nitrogen functional groups attached to an aromatic ring is 1. The van der Waals surface area contributed by atoms with Crippen molar-refractivity contribution in [3.05, 3.63) is 64.4 Å². The van der Waals surface area contributed by atoms with Crippen molar-refractivity contribution >= 4 is 28.1 Å². The minimum atomic E-state index is -1.30. The summed E-state index contributed by atoms with van der Waals surface area (Å²) in [5, 5.41) is 13.8. The lowest BCUT2D eigenvalue weighted by molar-refractivity contribution is 0.122. The van der Waals surface area contributed by atoms with Crippen molar-refractivity contribution in [2.75, 3.05) is 5.73 Å². The van der Waals surface area contributed by atoms with Gasteiger partial charge in [0.2, 0.25) is 0 Å². The highest BCUT2D eigenvalue weighted by Gasteiger charge is 2.22. The van der Waals surface area contributed by atoms with Gasteiger partial charge in [-0.25, -0.2) is 19.9 Å². The number of pyridine rings is 1. The van der Waals surface area contributed by atoms with E-state index in [-0.39, 0.29) is 0 Å². The first-order chi connectivity index (χ1) is 13.4. The fraction of sp³-hybridized carbons (Fsp3) is 0.143. The first kappa shape index (κ1) is 18.0. The second kappa shape index (κ2) is 7.00. The summed E-state index contributed by atoms with van der Waals surface area (Å²) in [6.45, 7) is 3.58. The lowest BCUT2D eigenvalue weighted by Crippen LogP contribution is -2.17. The zero-order chi connectivity index (χ0) is 19.7. The van der Waals surface area contributed by atoms with Gasteiger partial charge in [-0.1, -0.05) is 24.0 Å². The molecule has 3 heterocycles. The van der Waals surface area contributed by atoms with E-state index < -0.39 is 5.60 Å². The Morgan fingerprint density at radius 1 is 1.18 bits per heavy atom. The molecule has 4 rings (SSSR count). The maximum absolute atomic E-state index is 10.5. The monoisotopic (exact) mass is 387 g/mol. The summed E-state index contributed by atoms with van der Waals surface area (Å²) in [5.41, 5.74) is 7.84. The smallest absolute Gasteiger partial charge is 0.174 e. The molecule has 3 N–H and O–H groups in total. The van der Waals surface area contributed by atoms with E-state index in [1.54, 1.807) is 25.5 Å². The third-order valence-electron chi connectivity index (χ3n) is 4.27. The summed E-state index contributed by atoms with van der Waals surface area (Å²) in [6, 6.07) is 7.54. The van der Waals surface area contributed by atoms with Crippen molar-refractivity contribution in [2.45, 2.75) is 19.4 Å². The number of anilines is 1. The highest BCUT2D eigenvalue weighted by Crippen LogP contribution is 2.24. The second-order valence-corrected chi connectivity index (χ2v) is 7.42. The molecule has 6 nitrogen and oxygen atoms in total. The molecule has 0 saturated carbocycles. The predicted molar refractivity (Wildman–Crippen MR) is 110 cm³/mol. The van der Waals surface area contributed by atoms with E-state index in [1.807, 2.05) is 36.6 Å². The maximum atomic E-state index is 10.5. The van der Waals surface area contributed by atoms with Crippen molar-refractivity contribution in [1.29, 1.82) is 0 Å². The van der Waals surface area contributed by atoms with Gasteiger partial charge in [-0.3, -0.25) is 0 Å². The van der Waals surface area contributed by atoms with Gasteiger partial charge in [0.05, 0.1) is 0 Å². The molecule has 0 fully saturated rings. The van der Waals surface area contributed by atoms with E-state index in [4.69, 9.17) is 5.73 Å². The van der Waals surface area contributed by atoms with Crippen LogP contribution in [0.2, 0.25) is 0 Å². The number of benzene rings is 1. The Morgan fingerprint density at radius 2 is 2.04 bits per heavy atom. The van der Waals surface area contributed by atoms with Crippen LogP contribution in [0.3, 0.4) is 0 Å². The Bertz CT molecular complexity index is 1220. The molecule has 7 heteroatoms. The average molecular weight is 387 g/mol. The highest BCUT2D eigenvalue weighted by molar-refractivity contribution is 7.09. The molecule has 4 aromatic rings. The molecule has 0 aliphatic carbocycles. The molecule has 138 valence electrons. The molecular weight excluding hydrogens is 370 g/mol. The molecule has 0 saturated heterocycles. The second-order valence-electron chi connectivity index (χ2n) is 6.52. The van der Waals surface area contributed by atoms with Crippen LogP contribution in [0.5, 0.6) is 0 Å². The Morgan fingerprint density at radius 3 is 2.82 bits per heavy atom. The van der Waals surface area contributed by atoms with Crippen molar-refractivity contribution in [3.8, 4) is 23.2 Å². The molecule has 1 atom stereocenters. The normalized spacial score (nSPS) is 13.0. The van der Waals surface area contributed by atoms with Crippen LogP contribution in [0.15, 0.2) is 48.2 Å². The van der Waals surface area contributed by atoms with Gasteiger partial charge in [0.25, 0.3) is 0 Å². The highest BCUT2D eigenvalue weighted by atomic mass is 32.1. The lowest BCUT2D eigenvalue weighted by atomic mass is 10.1. The van der Waals surface area contributed by atoms with Crippen LogP contribution >= 0.6 is 11.3 Å². The van der Waals surface area contributed by atoms with E-state index in [0.29, 0.717) is 22.2 Å². The fourth-order valence-electron chi connectivity index (χ4n) is 2.75. The van der Waals surface area contributed by atoms with Crippen LogP contribution in [-0.2, 0) is 5.60 Å². The Balaban J connectivity index is 1.71. The summed E-state index contributed by atoms with van der Waals surface area (Å²) in [7, 11) is 0. The summed E-state index contributed by atoms with van der Waals surface area (Å²) < 4.78 is 0. The third kappa shape index (κ3) is 3.43. The molecule has 28 heavy (non-hydrogen) atoms. The van der Waals surface area contributed by atoms with Crippen molar-refractivity contribution in [1.82, 2.24) is 19.9 Å². The molecular formula is C21H17N5OS. The van der Waals surface area contributed by atoms with Gasteiger partial charge >= 0.3 is 0 Å². The number of hydrogen-bond donors (Lipinski definition) is 2. The minimum Gasteiger partial charge on any atom is -0.382 e. The zero-order valence-corrected chi connectivity index (χ0v) is 16.2. The predicted octanol–water partition coefficient (Wildman–Crippen LogP) is 3.30. The molecule has 0 bridgehead atoms. The minimum absolute atomic E-state index is 0.375. The molecule has 0 aliphatic heterocycles. The molecule has 0 aliphatic rings. The van der Waals surface area contributed by atoms with E-state index >= 15 is 0 Å². The molecule has 0 unspecified atom stereocenters. The number of thiazole rings is 1. The number of nitrogens with zero attached hydrogens (tertiary/aromatic N) is 4. The number of hydrogen-bond acceptors (Lipinski definition) is 7. The summed E-state index contributed by atoms with van der Waals surface area (Å²) in [6.07, 6.45) is 5.12. The van der Waals surface area contributed by atoms with Gasteiger partial charge in [-0.05, 0) is 31.5 Å². The Labute approximate surface area is 166 Å². The third-order valence-corrected chi connectivity index (χ3v) is 5.26. The largest absolute Gasteiger partial charge is 0.382 e. The topological polar surface area (TPSA) is 97.8 Å². The van der Waals surface area contributed by atoms with Gasteiger partial charge in [-0.2, -0.15) is 0 Å². The van der Waals surface area contributed by atoms with Crippen LogP contribution in [0.1, 0.15) is 23.1 Å². The number of fused-ring (bicyclic) bond motifs is 1. The molecule has 0 amide bonds. The SMILES string of the molecule is Cc1cnc(N)c2nc(-c3cccc(C#C[C@@](C)(O)c4nccs4)c3)ncc12. The van der Waals surface area contributed by atoms with Crippen LogP contribution in [0.4, 0.5) is 5.82 Å². The number of aliphatic hydroxyl groups is 1. The fourth-order valence-corrected chi connectivity index (χ4v) is 3.40. The van der Waals surface area contributed by atoms with Crippen LogP contribution in [-0.4, -0.2) is 25.0 Å². The van der Waals surface area contributed by atoms with Gasteiger partial charge in [0.1, 0.15) is 16.3 Å². The standard InChI is InChI=1S/C21H17N5OS/c1-13-11-24-18(22)17-16(13)12-25-19(26-17)15-5-3-4-14(10-15)6-7-21(2,27)20-23-8-9-28-20/h3-5,8-12,27H,1-2H3,(H2,22,24)/t21-/m1/s1. The first-order valence-corrected chi connectivity index (χ1v) is 9.46. The number of aromatic nitrogens is 4. The lowest BCUT2D eigenvalue weighted by Gasteiger charge is -2.12. The van der Waals surface area contributed by atoms with Crippen LogP contribution in [0, 0.1) is 18.8 Å². The average Bonchev–Trinajstić information content (AvgIpc) is 3.25. The van der Waals surface area contributed by atoms with Gasteiger partial charge in [0, 0.05) is 40.5 Å². The summed E-state index contributed by atoms with van der Waals surface area (Å²) in [4.78, 5) is 17.4. The molecule has 3 aromatic heterocycles. The number of aryl methyl sites for hydroxylation is 1. The van der Waals surface area contributed by atoms with Crippen molar-refractivity contribution < 1.29 is 5.11 Å². The van der Waals surface area contributed by atoms with E-state index in [1.165, 1.54) is 11.3 Å². The van der Waals surface area contributed by atoms with E-state index in [2.05, 4.69) is 31.8 Å². The first-order valence-electron chi connectivity index (χ1n) is 8.58. The Hall–Kier alpha value is -3.34. The quantitative estimate of drug-likeness (QED) is 0.512. The van der Waals surface area contributed by atoms with Crippen molar-refractivity contribution in [3.63, 3.8) is 0 Å². The van der Waals surface area contributed by atoms with Crippen LogP contribution in [0.25, 0.3) is 22.3 Å². The number of nitrogens with two attached hydrogens (primary N) is 1. The molecule has 0 radical (unpaired) electrons. The molecule has 1 aromatic carbocycles. The maximum Gasteiger partial charge on any atom is 0.174 e. The summed E-state index contributed by atoms with van der Waals surface area (Å²) in [5.74, 6) is 6.82. The summed E-state index contributed by atoms with van der Waals surface area (Å²) >= 11 is 1.37.